The van der Waals surface area contributed by atoms with Gasteiger partial charge in [0.15, 0.2) is 11.5 Å². The molecule has 4 rings (SSSR count). The van der Waals surface area contributed by atoms with E-state index in [-0.39, 0.29) is 18.0 Å². The molecule has 0 aromatic heterocycles. The summed E-state index contributed by atoms with van der Waals surface area (Å²) in [4.78, 5) is 5.03. The minimum absolute atomic E-state index is 0.0329. The molecule has 3 aromatic carbocycles. The molecule has 0 fully saturated rings. The van der Waals surface area contributed by atoms with Gasteiger partial charge in [-0.2, -0.15) is 0 Å². The first-order valence-corrected chi connectivity index (χ1v) is 10.1. The quantitative estimate of drug-likeness (QED) is 0.644. The molecule has 1 aliphatic rings. The molecule has 0 aliphatic carbocycles. The molecule has 30 heavy (non-hydrogen) atoms. The van der Waals surface area contributed by atoms with Crippen LogP contribution in [0.4, 0.5) is 0 Å². The fraction of sp³-hybridized carbons (Fsp3) is 0.208. The molecule has 0 saturated carbocycles. The second-order valence-corrected chi connectivity index (χ2v) is 7.64. The fourth-order valence-corrected chi connectivity index (χ4v) is 4.02. The van der Waals surface area contributed by atoms with Gasteiger partial charge in [0.2, 0.25) is 6.17 Å². The van der Waals surface area contributed by atoms with Gasteiger partial charge in [-0.1, -0.05) is 41.9 Å². The van der Waals surface area contributed by atoms with E-state index in [0.29, 0.717) is 22.9 Å². The molecule has 0 amide bonds. The lowest BCUT2D eigenvalue weighted by atomic mass is 9.93. The highest BCUT2D eigenvalue weighted by Gasteiger charge is 2.32. The Hall–Kier alpha value is -3.02. The second-order valence-electron chi connectivity index (χ2n) is 7.21. The Kier molecular flexibility index (Phi) is 5.93. The van der Waals surface area contributed by atoms with E-state index in [0.717, 1.165) is 22.4 Å². The van der Waals surface area contributed by atoms with Gasteiger partial charge in [-0.05, 0) is 42.0 Å². The third kappa shape index (κ3) is 4.13. The van der Waals surface area contributed by atoms with Crippen molar-refractivity contribution < 1.29 is 19.9 Å². The van der Waals surface area contributed by atoms with Crippen LogP contribution in [0.1, 0.15) is 35.3 Å². The number of halogens is 1. The molecule has 0 radical (unpaired) electrons. The maximum absolute atomic E-state index is 10.5. The first-order valence-electron chi connectivity index (χ1n) is 9.76. The van der Waals surface area contributed by atoms with Crippen molar-refractivity contribution in [3.05, 3.63) is 88.4 Å². The van der Waals surface area contributed by atoms with E-state index in [1.54, 1.807) is 26.4 Å². The number of hydrogen-bond acceptors (Lipinski definition) is 4. The van der Waals surface area contributed by atoms with E-state index in [4.69, 9.17) is 26.1 Å². The van der Waals surface area contributed by atoms with Crippen molar-refractivity contribution >= 4 is 17.3 Å². The number of quaternary nitrogens is 1. The average Bonchev–Trinajstić information content (AvgIpc) is 2.80. The summed E-state index contributed by atoms with van der Waals surface area (Å²) in [5, 5.41) is 13.2. The summed E-state index contributed by atoms with van der Waals surface area (Å²) in [6.07, 6.45) is 0.485. The first kappa shape index (κ1) is 20.3. The summed E-state index contributed by atoms with van der Waals surface area (Å²) < 4.78 is 10.9. The van der Waals surface area contributed by atoms with Crippen molar-refractivity contribution in [3.63, 3.8) is 0 Å². The molecule has 0 saturated heterocycles. The Morgan fingerprint density at radius 2 is 1.73 bits per heavy atom. The summed E-state index contributed by atoms with van der Waals surface area (Å²) in [7, 11) is 3.24. The van der Waals surface area contributed by atoms with Gasteiger partial charge < -0.3 is 19.9 Å². The van der Waals surface area contributed by atoms with Crippen molar-refractivity contribution in [2.75, 3.05) is 14.2 Å². The highest BCUT2D eigenvalue weighted by atomic mass is 35.5. The predicted molar refractivity (Wildman–Crippen MR) is 118 cm³/mol. The monoisotopic (exact) mass is 423 g/mol. The number of phenolic OH excluding ortho intramolecular Hbond substituents is 1. The predicted octanol–water partition coefficient (Wildman–Crippen LogP) is 4.26. The smallest absolute Gasteiger partial charge is 0.206 e. The summed E-state index contributed by atoms with van der Waals surface area (Å²) in [6, 6.07) is 21.1. The molecule has 1 aliphatic heterocycles. The summed E-state index contributed by atoms with van der Waals surface area (Å²) >= 11 is 6.23. The first-order chi connectivity index (χ1) is 14.6. The Morgan fingerprint density at radius 1 is 0.967 bits per heavy atom. The van der Waals surface area contributed by atoms with Crippen LogP contribution in [0.15, 0.2) is 71.7 Å². The van der Waals surface area contributed by atoms with Crippen molar-refractivity contribution in [1.29, 1.82) is 0 Å². The zero-order valence-electron chi connectivity index (χ0n) is 16.9. The van der Waals surface area contributed by atoms with Crippen LogP contribution in [0, 0.1) is 0 Å². The molecule has 5 nitrogen and oxygen atoms in total. The van der Waals surface area contributed by atoms with Crippen LogP contribution in [0.3, 0.4) is 0 Å². The third-order valence-corrected chi connectivity index (χ3v) is 5.60. The van der Waals surface area contributed by atoms with Gasteiger partial charge in [0, 0.05) is 17.0 Å². The normalized spacial score (nSPS) is 18.6. The number of hydrogen-bond donors (Lipinski definition) is 2. The molecule has 2 atom stereocenters. The molecular formula is C24H24ClN2O3+. The lowest BCUT2D eigenvalue weighted by molar-refractivity contribution is -0.735. The van der Waals surface area contributed by atoms with Crippen LogP contribution in [0.5, 0.6) is 17.2 Å². The van der Waals surface area contributed by atoms with Crippen LogP contribution in [-0.4, -0.2) is 25.0 Å². The maximum Gasteiger partial charge on any atom is 0.206 e. The second kappa shape index (κ2) is 8.78. The summed E-state index contributed by atoms with van der Waals surface area (Å²) in [5.74, 6) is 1.57. The molecule has 3 aromatic rings. The molecule has 0 unspecified atom stereocenters. The molecule has 6 heteroatoms. The van der Waals surface area contributed by atoms with E-state index < -0.39 is 0 Å². The Labute approximate surface area is 180 Å². The van der Waals surface area contributed by atoms with E-state index >= 15 is 0 Å². The highest BCUT2D eigenvalue weighted by molar-refractivity contribution is 6.30. The third-order valence-electron chi connectivity index (χ3n) is 5.37. The molecule has 3 N–H and O–H groups in total. The SMILES string of the molecule is COc1ccc([C@@H]2N=C(c3ccccc3)C[C@@H](c3cc(Cl)ccc3O)[NH2+]2)cc1OC. The number of methoxy groups -OCH3 is 2. The highest BCUT2D eigenvalue weighted by Crippen LogP contribution is 2.34. The van der Waals surface area contributed by atoms with E-state index in [1.165, 1.54) is 0 Å². The molecule has 0 bridgehead atoms. The van der Waals surface area contributed by atoms with E-state index in [9.17, 15) is 5.11 Å². The molecule has 1 heterocycles. The van der Waals surface area contributed by atoms with Gasteiger partial charge in [-0.15, -0.1) is 0 Å². The largest absolute Gasteiger partial charge is 0.507 e. The van der Waals surface area contributed by atoms with Gasteiger partial charge in [-0.25, -0.2) is 4.99 Å². The minimum atomic E-state index is -0.197. The van der Waals surface area contributed by atoms with Gasteiger partial charge >= 0.3 is 0 Å². The van der Waals surface area contributed by atoms with Crippen molar-refractivity contribution in [2.24, 2.45) is 4.99 Å². The van der Waals surface area contributed by atoms with Crippen LogP contribution in [-0.2, 0) is 0 Å². The van der Waals surface area contributed by atoms with Gasteiger partial charge in [0.05, 0.1) is 25.5 Å². The lowest BCUT2D eigenvalue weighted by Gasteiger charge is -2.28. The summed E-state index contributed by atoms with van der Waals surface area (Å²) in [6.45, 7) is 0. The Balaban J connectivity index is 1.77. The lowest BCUT2D eigenvalue weighted by Crippen LogP contribution is -2.87. The zero-order valence-corrected chi connectivity index (χ0v) is 17.6. The minimum Gasteiger partial charge on any atom is -0.507 e. The van der Waals surface area contributed by atoms with Crippen LogP contribution < -0.4 is 14.8 Å². The van der Waals surface area contributed by atoms with Gasteiger partial charge in [0.1, 0.15) is 11.8 Å². The van der Waals surface area contributed by atoms with Crippen LogP contribution in [0.2, 0.25) is 5.02 Å². The number of benzene rings is 3. The number of aromatic hydroxyl groups is 1. The number of ether oxygens (including phenoxy) is 2. The molecular weight excluding hydrogens is 400 g/mol. The van der Waals surface area contributed by atoms with Crippen LogP contribution in [0.25, 0.3) is 0 Å². The number of nitrogens with two attached hydrogens (primary N) is 1. The summed E-state index contributed by atoms with van der Waals surface area (Å²) in [5.41, 5.74) is 3.86. The molecule has 154 valence electrons. The Bertz CT molecular complexity index is 1070. The van der Waals surface area contributed by atoms with Crippen molar-refractivity contribution in [3.8, 4) is 17.2 Å². The van der Waals surface area contributed by atoms with Crippen LogP contribution >= 0.6 is 11.6 Å². The maximum atomic E-state index is 10.5. The van der Waals surface area contributed by atoms with E-state index in [1.807, 2.05) is 42.5 Å². The Morgan fingerprint density at radius 3 is 2.47 bits per heavy atom. The number of nitrogens with zero attached hydrogens (tertiary/aromatic N) is 1. The van der Waals surface area contributed by atoms with E-state index in [2.05, 4.69) is 17.4 Å². The number of rotatable bonds is 5. The topological polar surface area (TPSA) is 67.7 Å². The number of aliphatic imine (C=N–C) groups is 1. The standard InChI is InChI=1S/C24H23ClN2O3/c1-29-22-11-8-16(12-23(22)30-2)24-26-19(15-6-4-3-5-7-15)14-20(27-24)18-13-17(25)9-10-21(18)28/h3-13,20,24,27-28H,14H2,1-2H3/p+1/t20-,24+/m0/s1. The number of phenols is 1. The van der Waals surface area contributed by atoms with Crippen molar-refractivity contribution in [1.82, 2.24) is 0 Å². The molecule has 0 spiro atoms. The van der Waals surface area contributed by atoms with Gasteiger partial charge in [0.25, 0.3) is 0 Å². The van der Waals surface area contributed by atoms with Gasteiger partial charge in [-0.3, -0.25) is 0 Å². The van der Waals surface area contributed by atoms with Crippen molar-refractivity contribution in [2.45, 2.75) is 18.6 Å². The average molecular weight is 424 g/mol. The fourth-order valence-electron chi connectivity index (χ4n) is 3.84. The zero-order chi connectivity index (χ0) is 21.1.